The van der Waals surface area contributed by atoms with Gasteiger partial charge < -0.3 is 5.32 Å². The molecular formula is C13H14BrN5O2. The summed E-state index contributed by atoms with van der Waals surface area (Å²) in [6.07, 6.45) is 4.26. The van der Waals surface area contributed by atoms with Crippen LogP contribution < -0.4 is 5.32 Å². The molecule has 1 N–H and O–H groups in total. The summed E-state index contributed by atoms with van der Waals surface area (Å²) >= 11 is 3.25. The molecule has 0 bridgehead atoms. The Kier molecular flexibility index (Phi) is 3.98. The largest absolute Gasteiger partial charge is 0.308 e. The topological polar surface area (TPSA) is 85.9 Å². The number of halogens is 1. The van der Waals surface area contributed by atoms with E-state index in [0.717, 1.165) is 5.69 Å². The molecule has 110 valence electrons. The van der Waals surface area contributed by atoms with Crippen molar-refractivity contribution < 1.29 is 4.92 Å². The van der Waals surface area contributed by atoms with E-state index in [4.69, 9.17) is 0 Å². The summed E-state index contributed by atoms with van der Waals surface area (Å²) in [5.74, 6) is 0. The lowest BCUT2D eigenvalue weighted by molar-refractivity contribution is -0.385. The molecule has 1 aliphatic rings. The lowest BCUT2D eigenvalue weighted by atomic mass is 10.2. The first-order valence-corrected chi connectivity index (χ1v) is 7.46. The molecule has 1 fully saturated rings. The Morgan fingerprint density at radius 2 is 2.29 bits per heavy atom. The zero-order valence-corrected chi connectivity index (χ0v) is 12.8. The van der Waals surface area contributed by atoms with Gasteiger partial charge in [-0.15, -0.1) is 5.10 Å². The average Bonchev–Trinajstić information content (AvgIpc) is 3.18. The van der Waals surface area contributed by atoms with E-state index in [9.17, 15) is 10.1 Å². The van der Waals surface area contributed by atoms with E-state index in [1.165, 1.54) is 18.9 Å². The van der Waals surface area contributed by atoms with Crippen LogP contribution >= 0.6 is 15.9 Å². The Balaban J connectivity index is 1.72. The quantitative estimate of drug-likeness (QED) is 0.637. The number of nitro groups is 1. The summed E-state index contributed by atoms with van der Waals surface area (Å²) in [6, 6.07) is 5.63. The van der Waals surface area contributed by atoms with E-state index in [1.807, 2.05) is 6.20 Å². The molecule has 7 nitrogen and oxygen atoms in total. The summed E-state index contributed by atoms with van der Waals surface area (Å²) in [6.45, 7) is 1.02. The molecule has 1 aromatic heterocycles. The van der Waals surface area contributed by atoms with Gasteiger partial charge in [-0.2, -0.15) is 0 Å². The van der Waals surface area contributed by atoms with Gasteiger partial charge in [0, 0.05) is 23.1 Å². The van der Waals surface area contributed by atoms with Crippen LogP contribution in [0.15, 0.2) is 28.9 Å². The molecule has 0 amide bonds. The first-order chi connectivity index (χ1) is 10.1. The predicted molar refractivity (Wildman–Crippen MR) is 79.8 cm³/mol. The SMILES string of the molecule is O=[N+]([O-])c1cc(Br)ccc1Cn1cc(CNC2CC2)nn1. The monoisotopic (exact) mass is 351 g/mol. The Labute approximate surface area is 129 Å². The smallest absolute Gasteiger partial charge is 0.275 e. The highest BCUT2D eigenvalue weighted by Gasteiger charge is 2.20. The maximum atomic E-state index is 11.1. The highest BCUT2D eigenvalue weighted by atomic mass is 79.9. The second-order valence-corrected chi connectivity index (χ2v) is 6.01. The van der Waals surface area contributed by atoms with Crippen LogP contribution in [0.2, 0.25) is 0 Å². The lowest BCUT2D eigenvalue weighted by Gasteiger charge is -2.03. The molecule has 0 saturated heterocycles. The Morgan fingerprint density at radius 3 is 3.00 bits per heavy atom. The lowest BCUT2D eigenvalue weighted by Crippen LogP contribution is -2.15. The van der Waals surface area contributed by atoms with E-state index < -0.39 is 0 Å². The number of aromatic nitrogens is 3. The van der Waals surface area contributed by atoms with Crippen molar-refractivity contribution in [3.05, 3.63) is 50.2 Å². The molecule has 21 heavy (non-hydrogen) atoms. The fourth-order valence-electron chi connectivity index (χ4n) is 2.05. The molecule has 1 aliphatic carbocycles. The van der Waals surface area contributed by atoms with Gasteiger partial charge in [0.25, 0.3) is 5.69 Å². The van der Waals surface area contributed by atoms with Crippen molar-refractivity contribution in [2.45, 2.75) is 32.0 Å². The molecule has 2 aromatic rings. The van der Waals surface area contributed by atoms with Crippen molar-refractivity contribution in [1.82, 2.24) is 20.3 Å². The van der Waals surface area contributed by atoms with Crippen LogP contribution in [0.5, 0.6) is 0 Å². The molecule has 1 aromatic carbocycles. The van der Waals surface area contributed by atoms with E-state index >= 15 is 0 Å². The van der Waals surface area contributed by atoms with Gasteiger partial charge in [-0.3, -0.25) is 10.1 Å². The van der Waals surface area contributed by atoms with Crippen molar-refractivity contribution >= 4 is 21.6 Å². The summed E-state index contributed by atoms with van der Waals surface area (Å²) in [5, 5.41) is 22.5. The minimum atomic E-state index is -0.382. The van der Waals surface area contributed by atoms with Crippen LogP contribution in [0.25, 0.3) is 0 Å². The number of benzene rings is 1. The van der Waals surface area contributed by atoms with E-state index in [-0.39, 0.29) is 10.6 Å². The van der Waals surface area contributed by atoms with Crippen molar-refractivity contribution in [3.63, 3.8) is 0 Å². The highest BCUT2D eigenvalue weighted by molar-refractivity contribution is 9.10. The molecule has 8 heteroatoms. The molecule has 0 unspecified atom stereocenters. The maximum Gasteiger partial charge on any atom is 0.275 e. The zero-order valence-electron chi connectivity index (χ0n) is 11.2. The molecule has 1 saturated carbocycles. The minimum Gasteiger partial charge on any atom is -0.308 e. The van der Waals surface area contributed by atoms with Crippen molar-refractivity contribution in [1.29, 1.82) is 0 Å². The van der Waals surface area contributed by atoms with E-state index in [0.29, 0.717) is 29.2 Å². The van der Waals surface area contributed by atoms with Gasteiger partial charge in [-0.25, -0.2) is 4.68 Å². The van der Waals surface area contributed by atoms with Gasteiger partial charge >= 0.3 is 0 Å². The van der Waals surface area contributed by atoms with Crippen LogP contribution in [-0.4, -0.2) is 26.0 Å². The third kappa shape index (κ3) is 3.64. The fourth-order valence-corrected chi connectivity index (χ4v) is 2.40. The summed E-state index contributed by atoms with van der Waals surface area (Å²) in [4.78, 5) is 10.7. The molecule has 0 spiro atoms. The molecule has 0 radical (unpaired) electrons. The zero-order chi connectivity index (χ0) is 14.8. The summed E-state index contributed by atoms with van der Waals surface area (Å²) in [5.41, 5.74) is 1.54. The molecule has 3 rings (SSSR count). The predicted octanol–water partition coefficient (Wildman–Crippen LogP) is 2.25. The van der Waals surface area contributed by atoms with E-state index in [1.54, 1.807) is 16.8 Å². The number of hydrogen-bond acceptors (Lipinski definition) is 5. The number of rotatable bonds is 6. The second kappa shape index (κ2) is 5.90. The van der Waals surface area contributed by atoms with Crippen molar-refractivity contribution in [2.75, 3.05) is 0 Å². The van der Waals surface area contributed by atoms with Gasteiger partial charge in [0.2, 0.25) is 0 Å². The van der Waals surface area contributed by atoms with Gasteiger partial charge in [-0.05, 0) is 25.0 Å². The maximum absolute atomic E-state index is 11.1. The third-order valence-electron chi connectivity index (χ3n) is 3.31. The summed E-state index contributed by atoms with van der Waals surface area (Å²) < 4.78 is 2.31. The first-order valence-electron chi connectivity index (χ1n) is 6.67. The fraction of sp³-hybridized carbons (Fsp3) is 0.385. The Bertz CT molecular complexity index is 668. The van der Waals surface area contributed by atoms with E-state index in [2.05, 4.69) is 31.6 Å². The molecule has 0 atom stereocenters. The van der Waals surface area contributed by atoms with Crippen LogP contribution in [0, 0.1) is 10.1 Å². The average molecular weight is 352 g/mol. The number of hydrogen-bond donors (Lipinski definition) is 1. The first kappa shape index (κ1) is 14.2. The molecule has 1 heterocycles. The van der Waals surface area contributed by atoms with Crippen LogP contribution in [0.1, 0.15) is 24.1 Å². The summed E-state index contributed by atoms with van der Waals surface area (Å²) in [7, 11) is 0. The number of nitro benzene ring substituents is 1. The molecular weight excluding hydrogens is 338 g/mol. The van der Waals surface area contributed by atoms with Gasteiger partial charge in [0.1, 0.15) is 0 Å². The van der Waals surface area contributed by atoms with Crippen LogP contribution in [0.4, 0.5) is 5.69 Å². The van der Waals surface area contributed by atoms with Crippen molar-refractivity contribution in [3.8, 4) is 0 Å². The van der Waals surface area contributed by atoms with Crippen LogP contribution in [0.3, 0.4) is 0 Å². The van der Waals surface area contributed by atoms with Gasteiger partial charge in [-0.1, -0.05) is 21.1 Å². The van der Waals surface area contributed by atoms with Gasteiger partial charge in [0.15, 0.2) is 0 Å². The second-order valence-electron chi connectivity index (χ2n) is 5.09. The normalized spacial score (nSPS) is 14.3. The third-order valence-corrected chi connectivity index (χ3v) is 3.80. The highest BCUT2D eigenvalue weighted by Crippen LogP contribution is 2.24. The Hall–Kier alpha value is -1.80. The number of nitrogens with zero attached hydrogens (tertiary/aromatic N) is 4. The van der Waals surface area contributed by atoms with Crippen molar-refractivity contribution in [2.24, 2.45) is 0 Å². The minimum absolute atomic E-state index is 0.0810. The number of nitrogens with one attached hydrogen (secondary N) is 1. The van der Waals surface area contributed by atoms with Gasteiger partial charge in [0.05, 0.1) is 28.9 Å². The molecule has 0 aliphatic heterocycles. The van der Waals surface area contributed by atoms with Crippen LogP contribution in [-0.2, 0) is 13.1 Å². The standard InChI is InChI=1S/C13H14BrN5O2/c14-10-2-1-9(13(5-10)19(20)21)7-18-8-12(16-17-18)6-15-11-3-4-11/h1-2,5,8,11,15H,3-4,6-7H2. The Morgan fingerprint density at radius 1 is 1.48 bits per heavy atom.